The molecule has 0 saturated carbocycles. The number of methoxy groups -OCH3 is 1. The Morgan fingerprint density at radius 1 is 1.03 bits per heavy atom. The number of fused-ring (bicyclic) bond motifs is 2. The average Bonchev–Trinajstić information content (AvgIpc) is 3.00. The van der Waals surface area contributed by atoms with Crippen molar-refractivity contribution in [3.63, 3.8) is 0 Å². The summed E-state index contributed by atoms with van der Waals surface area (Å²) >= 11 is 0. The molecule has 0 saturated heterocycles. The van der Waals surface area contributed by atoms with Crippen LogP contribution < -0.4 is 10.1 Å². The normalized spacial score (nSPS) is 16.1. The number of nitrogens with zero attached hydrogens (tertiary/aromatic N) is 1. The van der Waals surface area contributed by atoms with Gasteiger partial charge in [-0.05, 0) is 65.2 Å². The van der Waals surface area contributed by atoms with E-state index >= 15 is 0 Å². The van der Waals surface area contributed by atoms with Crippen molar-refractivity contribution >= 4 is 32.4 Å². The quantitative estimate of drug-likeness (QED) is 0.696. The van der Waals surface area contributed by atoms with Gasteiger partial charge in [0.1, 0.15) is 5.75 Å². The Balaban J connectivity index is 1.60. The van der Waals surface area contributed by atoms with Crippen LogP contribution in [0.25, 0.3) is 10.8 Å². The maximum Gasteiger partial charge on any atom is 0.243 e. The first-order chi connectivity index (χ1) is 13.8. The lowest BCUT2D eigenvalue weighted by atomic mass is 10.0. The summed E-state index contributed by atoms with van der Waals surface area (Å²) in [4.78, 5) is 12.0. The molecule has 0 bridgehead atoms. The number of hydrogen-bond donors (Lipinski definition) is 1. The fourth-order valence-electron chi connectivity index (χ4n) is 3.58. The molecule has 0 aliphatic carbocycles. The molecule has 7 heteroatoms. The number of ether oxygens (including phenoxy) is 1. The smallest absolute Gasteiger partial charge is 0.243 e. The van der Waals surface area contributed by atoms with Crippen LogP contribution in [0.15, 0.2) is 59.5 Å². The molecule has 150 valence electrons. The molecule has 3 aromatic rings. The molecule has 0 spiro atoms. The van der Waals surface area contributed by atoms with E-state index < -0.39 is 10.0 Å². The first-order valence-electron chi connectivity index (χ1n) is 9.27. The van der Waals surface area contributed by atoms with Gasteiger partial charge in [0, 0.05) is 19.3 Å². The zero-order valence-corrected chi connectivity index (χ0v) is 17.3. The molecule has 29 heavy (non-hydrogen) atoms. The zero-order valence-electron chi connectivity index (χ0n) is 16.5. The predicted octanol–water partition coefficient (Wildman–Crippen LogP) is 3.72. The van der Waals surface area contributed by atoms with Crippen LogP contribution in [0.3, 0.4) is 0 Å². The van der Waals surface area contributed by atoms with Crippen molar-refractivity contribution in [1.82, 2.24) is 4.31 Å². The van der Waals surface area contributed by atoms with E-state index in [1.807, 2.05) is 36.4 Å². The van der Waals surface area contributed by atoms with Gasteiger partial charge in [-0.2, -0.15) is 4.31 Å². The minimum absolute atomic E-state index is 0.115. The van der Waals surface area contributed by atoms with Crippen molar-refractivity contribution in [3.8, 4) is 5.75 Å². The number of benzene rings is 3. The highest BCUT2D eigenvalue weighted by Gasteiger charge is 2.29. The molecule has 3 aromatic carbocycles. The molecule has 1 aliphatic heterocycles. The lowest BCUT2D eigenvalue weighted by Crippen LogP contribution is -2.26. The van der Waals surface area contributed by atoms with E-state index in [1.54, 1.807) is 33.2 Å². The number of nitrogens with one attached hydrogen (secondary N) is 1. The summed E-state index contributed by atoms with van der Waals surface area (Å²) in [5, 5.41) is 4.81. The maximum absolute atomic E-state index is 13.1. The number of hydrogen-bond acceptors (Lipinski definition) is 4. The highest BCUT2D eigenvalue weighted by molar-refractivity contribution is 7.89. The van der Waals surface area contributed by atoms with Gasteiger partial charge in [0.2, 0.25) is 15.9 Å². The topological polar surface area (TPSA) is 75.7 Å². The molecule has 1 amide bonds. The van der Waals surface area contributed by atoms with Crippen molar-refractivity contribution in [2.75, 3.05) is 19.5 Å². The minimum Gasteiger partial charge on any atom is -0.497 e. The van der Waals surface area contributed by atoms with E-state index in [2.05, 4.69) is 5.32 Å². The van der Waals surface area contributed by atoms with Crippen molar-refractivity contribution < 1.29 is 17.9 Å². The van der Waals surface area contributed by atoms with E-state index in [9.17, 15) is 13.2 Å². The second-order valence-corrected chi connectivity index (χ2v) is 9.31. The van der Waals surface area contributed by atoms with Gasteiger partial charge in [0.05, 0.1) is 17.9 Å². The Morgan fingerprint density at radius 2 is 1.76 bits per heavy atom. The van der Waals surface area contributed by atoms with Crippen molar-refractivity contribution in [2.24, 2.45) is 0 Å². The maximum atomic E-state index is 13.1. The van der Waals surface area contributed by atoms with Gasteiger partial charge in [-0.1, -0.05) is 18.2 Å². The zero-order chi connectivity index (χ0) is 20.8. The number of carbonyl (C=O) groups is 1. The summed E-state index contributed by atoms with van der Waals surface area (Å²) in [7, 11) is -0.500. The lowest BCUT2D eigenvalue weighted by Gasteiger charge is -2.18. The van der Waals surface area contributed by atoms with Crippen molar-refractivity contribution in [1.29, 1.82) is 0 Å². The Bertz CT molecular complexity index is 1220. The summed E-state index contributed by atoms with van der Waals surface area (Å²) in [6.07, 6.45) is 0. The molecular formula is C22H22N2O4S. The number of amides is 1. The number of rotatable bonds is 5. The third kappa shape index (κ3) is 3.47. The minimum atomic E-state index is -3.69. The van der Waals surface area contributed by atoms with Crippen LogP contribution in [0.5, 0.6) is 5.75 Å². The molecule has 6 nitrogen and oxygen atoms in total. The monoisotopic (exact) mass is 410 g/mol. The highest BCUT2D eigenvalue weighted by Crippen LogP contribution is 2.34. The fraction of sp³-hybridized carbons (Fsp3) is 0.227. The average molecular weight is 410 g/mol. The summed E-state index contributed by atoms with van der Waals surface area (Å²) in [5.41, 5.74) is 2.28. The largest absolute Gasteiger partial charge is 0.497 e. The van der Waals surface area contributed by atoms with Crippen LogP contribution in [0.1, 0.15) is 24.0 Å². The summed E-state index contributed by atoms with van der Waals surface area (Å²) < 4.78 is 32.7. The molecule has 0 fully saturated rings. The first-order valence-corrected chi connectivity index (χ1v) is 10.7. The molecule has 0 aromatic heterocycles. The second kappa shape index (κ2) is 7.17. The third-order valence-electron chi connectivity index (χ3n) is 5.37. The number of carbonyl (C=O) groups excluding carboxylic acids is 1. The van der Waals surface area contributed by atoms with Crippen LogP contribution >= 0.6 is 0 Å². The van der Waals surface area contributed by atoms with Crippen LogP contribution in [-0.4, -0.2) is 32.8 Å². The van der Waals surface area contributed by atoms with Gasteiger partial charge in [0.25, 0.3) is 0 Å². The summed E-state index contributed by atoms with van der Waals surface area (Å²) in [6, 6.07) is 16.4. The Hall–Kier alpha value is -2.90. The molecule has 1 aliphatic rings. The van der Waals surface area contributed by atoms with Crippen LogP contribution in [0.2, 0.25) is 0 Å². The Kier molecular flexibility index (Phi) is 4.80. The SMILES string of the molecule is COc1ccc2cc(CN(C)S(=O)(=O)c3ccc4c(c3)[C@@H](C)C(=O)N4)ccc2c1. The van der Waals surface area contributed by atoms with Gasteiger partial charge in [0.15, 0.2) is 0 Å². The fourth-order valence-corrected chi connectivity index (χ4v) is 4.77. The molecule has 1 N–H and O–H groups in total. The van der Waals surface area contributed by atoms with Gasteiger partial charge in [-0.3, -0.25) is 4.79 Å². The standard InChI is InChI=1S/C22H22N2O4S/c1-14-20-12-19(8-9-21(20)23-22(14)25)29(26,27)24(2)13-15-4-5-17-11-18(28-3)7-6-16(17)10-15/h4-12,14H,13H2,1-3H3,(H,23,25)/t14-/m1/s1. The van der Waals surface area contributed by atoms with Gasteiger partial charge >= 0.3 is 0 Å². The van der Waals surface area contributed by atoms with E-state index in [0.717, 1.165) is 22.1 Å². The molecular weight excluding hydrogens is 388 g/mol. The van der Waals surface area contributed by atoms with Crippen LogP contribution in [0.4, 0.5) is 5.69 Å². The van der Waals surface area contributed by atoms with E-state index in [1.165, 1.54) is 10.4 Å². The van der Waals surface area contributed by atoms with E-state index in [4.69, 9.17) is 4.74 Å². The lowest BCUT2D eigenvalue weighted by molar-refractivity contribution is -0.116. The molecule has 1 heterocycles. The predicted molar refractivity (Wildman–Crippen MR) is 113 cm³/mol. The molecule has 0 unspecified atom stereocenters. The molecule has 4 rings (SSSR count). The van der Waals surface area contributed by atoms with Gasteiger partial charge in [-0.25, -0.2) is 8.42 Å². The third-order valence-corrected chi connectivity index (χ3v) is 7.17. The number of anilines is 1. The molecule has 1 atom stereocenters. The van der Waals surface area contributed by atoms with E-state index in [-0.39, 0.29) is 23.3 Å². The van der Waals surface area contributed by atoms with Gasteiger partial charge < -0.3 is 10.1 Å². The van der Waals surface area contributed by atoms with Gasteiger partial charge in [-0.15, -0.1) is 0 Å². The summed E-state index contributed by atoms with van der Waals surface area (Å²) in [6.45, 7) is 2.01. The van der Waals surface area contributed by atoms with Crippen molar-refractivity contribution in [2.45, 2.75) is 24.3 Å². The second-order valence-electron chi connectivity index (χ2n) is 7.27. The highest BCUT2D eigenvalue weighted by atomic mass is 32.2. The summed E-state index contributed by atoms with van der Waals surface area (Å²) in [5.74, 6) is 0.308. The van der Waals surface area contributed by atoms with Crippen LogP contribution in [-0.2, 0) is 21.4 Å². The first kappa shape index (κ1) is 19.4. The Labute approximate surface area is 170 Å². The Morgan fingerprint density at radius 3 is 2.52 bits per heavy atom. The number of sulfonamides is 1. The van der Waals surface area contributed by atoms with Crippen molar-refractivity contribution in [3.05, 3.63) is 65.7 Å². The van der Waals surface area contributed by atoms with E-state index in [0.29, 0.717) is 11.3 Å². The van der Waals surface area contributed by atoms with Crippen LogP contribution in [0, 0.1) is 0 Å². The molecule has 0 radical (unpaired) electrons.